The Hall–Kier alpha value is -1.51. The molecule has 2 N–H and O–H groups in total. The van der Waals surface area contributed by atoms with Crippen molar-refractivity contribution < 1.29 is 4.79 Å². The highest BCUT2D eigenvalue weighted by Gasteiger charge is 2.28. The van der Waals surface area contributed by atoms with Gasteiger partial charge in [0.25, 0.3) is 0 Å². The van der Waals surface area contributed by atoms with Crippen LogP contribution in [0.25, 0.3) is 0 Å². The SMILES string of the molecule is NC(=O)[C@@H]1CCCN1c1ccc(CCC2CCCCC2)cc1. The topological polar surface area (TPSA) is 46.3 Å². The van der Waals surface area contributed by atoms with E-state index in [0.29, 0.717) is 0 Å². The molecule has 2 aliphatic rings. The van der Waals surface area contributed by atoms with Crippen LogP contribution in [0.3, 0.4) is 0 Å². The molecule has 1 atom stereocenters. The van der Waals surface area contributed by atoms with Crippen LogP contribution in [-0.2, 0) is 11.2 Å². The summed E-state index contributed by atoms with van der Waals surface area (Å²) in [6, 6.07) is 8.67. The summed E-state index contributed by atoms with van der Waals surface area (Å²) in [6.07, 6.45) is 11.6. The van der Waals surface area contributed by atoms with Crippen molar-refractivity contribution in [2.24, 2.45) is 11.7 Å². The summed E-state index contributed by atoms with van der Waals surface area (Å²) < 4.78 is 0. The van der Waals surface area contributed by atoms with Crippen molar-refractivity contribution >= 4 is 11.6 Å². The number of nitrogens with zero attached hydrogens (tertiary/aromatic N) is 1. The van der Waals surface area contributed by atoms with Crippen molar-refractivity contribution in [2.75, 3.05) is 11.4 Å². The van der Waals surface area contributed by atoms with Crippen molar-refractivity contribution in [1.82, 2.24) is 0 Å². The Morgan fingerprint density at radius 1 is 1.05 bits per heavy atom. The molecule has 1 aliphatic carbocycles. The van der Waals surface area contributed by atoms with E-state index in [0.717, 1.165) is 31.0 Å². The molecule has 1 amide bonds. The molecule has 3 nitrogen and oxygen atoms in total. The van der Waals surface area contributed by atoms with Gasteiger partial charge in [-0.2, -0.15) is 0 Å². The molecule has 1 saturated carbocycles. The van der Waals surface area contributed by atoms with Gasteiger partial charge in [0.1, 0.15) is 6.04 Å². The predicted octanol–water partition coefficient (Wildman–Crippen LogP) is 3.65. The Balaban J connectivity index is 1.56. The minimum Gasteiger partial charge on any atom is -0.368 e. The average Bonchev–Trinajstić information content (AvgIpc) is 3.04. The van der Waals surface area contributed by atoms with Crippen LogP contribution >= 0.6 is 0 Å². The lowest BCUT2D eigenvalue weighted by Gasteiger charge is -2.25. The Labute approximate surface area is 133 Å². The number of benzene rings is 1. The lowest BCUT2D eigenvalue weighted by atomic mass is 9.85. The zero-order valence-corrected chi connectivity index (χ0v) is 13.5. The largest absolute Gasteiger partial charge is 0.368 e. The lowest BCUT2D eigenvalue weighted by molar-refractivity contribution is -0.119. The predicted molar refractivity (Wildman–Crippen MR) is 90.9 cm³/mol. The minimum absolute atomic E-state index is 0.118. The molecule has 0 unspecified atom stereocenters. The minimum atomic E-state index is -0.195. The number of carbonyl (C=O) groups is 1. The Bertz CT molecular complexity index is 491. The first kappa shape index (κ1) is 15.4. The number of nitrogens with two attached hydrogens (primary N) is 1. The van der Waals surface area contributed by atoms with Crippen molar-refractivity contribution in [2.45, 2.75) is 63.8 Å². The van der Waals surface area contributed by atoms with E-state index in [-0.39, 0.29) is 11.9 Å². The number of hydrogen-bond acceptors (Lipinski definition) is 2. The second kappa shape index (κ2) is 7.17. The van der Waals surface area contributed by atoms with Crippen LogP contribution in [0.2, 0.25) is 0 Å². The third-order valence-electron chi connectivity index (χ3n) is 5.42. The van der Waals surface area contributed by atoms with E-state index in [9.17, 15) is 4.79 Å². The van der Waals surface area contributed by atoms with Crippen LogP contribution in [-0.4, -0.2) is 18.5 Å². The molecule has 0 bridgehead atoms. The van der Waals surface area contributed by atoms with E-state index in [1.807, 2.05) is 0 Å². The number of carbonyl (C=O) groups excluding carboxylic acids is 1. The van der Waals surface area contributed by atoms with E-state index in [1.54, 1.807) is 0 Å². The van der Waals surface area contributed by atoms with E-state index < -0.39 is 0 Å². The summed E-state index contributed by atoms with van der Waals surface area (Å²) >= 11 is 0. The summed E-state index contributed by atoms with van der Waals surface area (Å²) in [4.78, 5) is 13.7. The van der Waals surface area contributed by atoms with Gasteiger partial charge in [0.2, 0.25) is 5.91 Å². The van der Waals surface area contributed by atoms with Gasteiger partial charge >= 0.3 is 0 Å². The number of anilines is 1. The van der Waals surface area contributed by atoms with Gasteiger partial charge in [-0.1, -0.05) is 44.2 Å². The van der Waals surface area contributed by atoms with Crippen LogP contribution in [0.1, 0.15) is 56.9 Å². The van der Waals surface area contributed by atoms with Crippen LogP contribution in [0.15, 0.2) is 24.3 Å². The number of primary amides is 1. The number of aryl methyl sites for hydroxylation is 1. The number of hydrogen-bond donors (Lipinski definition) is 1. The smallest absolute Gasteiger partial charge is 0.240 e. The van der Waals surface area contributed by atoms with Gasteiger partial charge in [-0.25, -0.2) is 0 Å². The fourth-order valence-corrected chi connectivity index (χ4v) is 4.07. The molecule has 0 radical (unpaired) electrons. The Morgan fingerprint density at radius 3 is 2.45 bits per heavy atom. The van der Waals surface area contributed by atoms with E-state index in [4.69, 9.17) is 5.73 Å². The van der Waals surface area contributed by atoms with Gasteiger partial charge in [-0.15, -0.1) is 0 Å². The van der Waals surface area contributed by atoms with Gasteiger partial charge in [0.05, 0.1) is 0 Å². The van der Waals surface area contributed by atoms with Crippen molar-refractivity contribution in [3.63, 3.8) is 0 Å². The van der Waals surface area contributed by atoms with E-state index in [1.165, 1.54) is 50.5 Å². The summed E-state index contributed by atoms with van der Waals surface area (Å²) in [5.41, 5.74) is 8.07. The van der Waals surface area contributed by atoms with Gasteiger partial charge in [-0.05, 0) is 49.3 Å². The monoisotopic (exact) mass is 300 g/mol. The van der Waals surface area contributed by atoms with Crippen LogP contribution < -0.4 is 10.6 Å². The highest BCUT2D eigenvalue weighted by Crippen LogP contribution is 2.29. The molecular formula is C19H28N2O. The summed E-state index contributed by atoms with van der Waals surface area (Å²) in [5, 5.41) is 0. The van der Waals surface area contributed by atoms with Crippen molar-refractivity contribution in [3.8, 4) is 0 Å². The highest BCUT2D eigenvalue weighted by molar-refractivity contribution is 5.84. The first-order valence-corrected chi connectivity index (χ1v) is 8.89. The van der Waals surface area contributed by atoms with Gasteiger partial charge < -0.3 is 10.6 Å². The quantitative estimate of drug-likeness (QED) is 0.902. The maximum absolute atomic E-state index is 11.5. The molecule has 2 fully saturated rings. The van der Waals surface area contributed by atoms with Crippen LogP contribution in [0.4, 0.5) is 5.69 Å². The van der Waals surface area contributed by atoms with Crippen LogP contribution in [0, 0.1) is 5.92 Å². The molecule has 1 aromatic rings. The molecule has 120 valence electrons. The van der Waals surface area contributed by atoms with Gasteiger partial charge in [0.15, 0.2) is 0 Å². The Morgan fingerprint density at radius 2 is 1.77 bits per heavy atom. The first-order chi connectivity index (χ1) is 10.7. The van der Waals surface area contributed by atoms with Crippen molar-refractivity contribution in [1.29, 1.82) is 0 Å². The first-order valence-electron chi connectivity index (χ1n) is 8.89. The molecule has 3 rings (SSSR count). The molecule has 1 aromatic carbocycles. The molecule has 1 aliphatic heterocycles. The summed E-state index contributed by atoms with van der Waals surface area (Å²) in [6.45, 7) is 0.940. The third kappa shape index (κ3) is 3.63. The van der Waals surface area contributed by atoms with Gasteiger partial charge in [0, 0.05) is 12.2 Å². The molecule has 3 heteroatoms. The maximum Gasteiger partial charge on any atom is 0.240 e. The second-order valence-corrected chi connectivity index (χ2v) is 6.96. The third-order valence-corrected chi connectivity index (χ3v) is 5.42. The fourth-order valence-electron chi connectivity index (χ4n) is 4.07. The van der Waals surface area contributed by atoms with E-state index >= 15 is 0 Å². The van der Waals surface area contributed by atoms with Gasteiger partial charge in [-0.3, -0.25) is 4.79 Å². The normalized spacial score (nSPS) is 22.9. The maximum atomic E-state index is 11.5. The fraction of sp³-hybridized carbons (Fsp3) is 0.632. The second-order valence-electron chi connectivity index (χ2n) is 6.96. The van der Waals surface area contributed by atoms with Crippen molar-refractivity contribution in [3.05, 3.63) is 29.8 Å². The Kier molecular flexibility index (Phi) is 5.01. The molecule has 22 heavy (non-hydrogen) atoms. The standard InChI is InChI=1S/C19H28N2O/c20-19(22)18-7-4-14-21(18)17-12-10-16(11-13-17)9-8-15-5-2-1-3-6-15/h10-13,15,18H,1-9,14H2,(H2,20,22)/t18-/m0/s1. The molecule has 0 spiro atoms. The number of rotatable bonds is 5. The molecule has 1 saturated heterocycles. The highest BCUT2D eigenvalue weighted by atomic mass is 16.1. The van der Waals surface area contributed by atoms with E-state index in [2.05, 4.69) is 29.2 Å². The summed E-state index contributed by atoms with van der Waals surface area (Å²) in [7, 11) is 0. The zero-order valence-electron chi connectivity index (χ0n) is 13.5. The average molecular weight is 300 g/mol. The summed E-state index contributed by atoms with van der Waals surface area (Å²) in [5.74, 6) is 0.741. The zero-order chi connectivity index (χ0) is 15.4. The van der Waals surface area contributed by atoms with Crippen LogP contribution in [0.5, 0.6) is 0 Å². The lowest BCUT2D eigenvalue weighted by Crippen LogP contribution is -2.40. The molecule has 1 heterocycles. The number of amides is 1. The molecule has 0 aromatic heterocycles. The molecular weight excluding hydrogens is 272 g/mol.